The number of nitrogens with one attached hydrogen (secondary N) is 1. The first-order valence-electron chi connectivity index (χ1n) is 7.19. The molecule has 1 aromatic carbocycles. The zero-order valence-corrected chi connectivity index (χ0v) is 12.2. The van der Waals surface area contributed by atoms with Crippen LogP contribution in [0.25, 0.3) is 0 Å². The van der Waals surface area contributed by atoms with Gasteiger partial charge in [0.05, 0.1) is 19.4 Å². The fourth-order valence-electron chi connectivity index (χ4n) is 2.27. The molecule has 0 aromatic heterocycles. The van der Waals surface area contributed by atoms with Crippen molar-refractivity contribution in [3.8, 4) is 11.5 Å². The van der Waals surface area contributed by atoms with Crippen molar-refractivity contribution in [2.45, 2.75) is 19.8 Å². The van der Waals surface area contributed by atoms with Crippen molar-refractivity contribution in [3.63, 3.8) is 0 Å². The number of likely N-dealkylation sites (tertiary alicyclic amines) is 1. The van der Waals surface area contributed by atoms with Crippen molar-refractivity contribution in [2.75, 3.05) is 26.2 Å². The highest BCUT2D eigenvalue weighted by Crippen LogP contribution is 2.28. The van der Waals surface area contributed by atoms with E-state index in [-0.39, 0.29) is 11.7 Å². The number of phenols is 1. The van der Waals surface area contributed by atoms with Crippen LogP contribution in [0.5, 0.6) is 11.5 Å². The third-order valence-corrected chi connectivity index (χ3v) is 3.29. The highest BCUT2D eigenvalue weighted by Gasteiger charge is 2.14. The van der Waals surface area contributed by atoms with Crippen LogP contribution in [0.4, 0.5) is 0 Å². The minimum atomic E-state index is -0.145. The van der Waals surface area contributed by atoms with Gasteiger partial charge in [-0.15, -0.1) is 0 Å². The molecule has 0 aliphatic carbocycles. The van der Waals surface area contributed by atoms with E-state index in [1.807, 2.05) is 6.92 Å². The third kappa shape index (κ3) is 4.46. The minimum absolute atomic E-state index is 0.0249. The predicted molar refractivity (Wildman–Crippen MR) is 80.7 cm³/mol. The number of carbonyl (C=O) groups excluding carboxylic acids is 1. The van der Waals surface area contributed by atoms with E-state index in [0.29, 0.717) is 24.5 Å². The molecule has 114 valence electrons. The average molecular weight is 291 g/mol. The zero-order chi connectivity index (χ0) is 15.1. The van der Waals surface area contributed by atoms with Gasteiger partial charge in [0.2, 0.25) is 0 Å². The molecule has 0 atom stereocenters. The summed E-state index contributed by atoms with van der Waals surface area (Å²) in [6.07, 6.45) is 3.71. The fourth-order valence-corrected chi connectivity index (χ4v) is 2.27. The molecule has 1 amide bonds. The van der Waals surface area contributed by atoms with Crippen LogP contribution < -0.4 is 10.2 Å². The lowest BCUT2D eigenvalue weighted by Crippen LogP contribution is -2.33. The molecule has 1 saturated heterocycles. The number of hydrazone groups is 1. The highest BCUT2D eigenvalue weighted by atomic mass is 16.5. The van der Waals surface area contributed by atoms with Gasteiger partial charge < -0.3 is 9.84 Å². The summed E-state index contributed by atoms with van der Waals surface area (Å²) in [5.41, 5.74) is 2.98. The van der Waals surface area contributed by atoms with E-state index in [9.17, 15) is 9.90 Å². The predicted octanol–water partition coefficient (Wildman–Crippen LogP) is 1.34. The topological polar surface area (TPSA) is 74.2 Å². The molecule has 1 heterocycles. The molecule has 1 aromatic rings. The third-order valence-electron chi connectivity index (χ3n) is 3.29. The number of amides is 1. The second-order valence-electron chi connectivity index (χ2n) is 4.90. The first-order chi connectivity index (χ1) is 10.2. The Morgan fingerprint density at radius 2 is 2.24 bits per heavy atom. The Balaban J connectivity index is 1.88. The molecule has 0 saturated carbocycles. The molecule has 0 radical (unpaired) electrons. The molecule has 1 fully saturated rings. The Labute approximate surface area is 124 Å². The molecular formula is C15H21N3O3. The van der Waals surface area contributed by atoms with Crippen LogP contribution in [0, 0.1) is 0 Å². The van der Waals surface area contributed by atoms with Gasteiger partial charge in [-0.1, -0.05) is 6.07 Å². The number of hydrogen-bond donors (Lipinski definition) is 2. The van der Waals surface area contributed by atoms with Crippen molar-refractivity contribution in [3.05, 3.63) is 23.8 Å². The molecule has 2 N–H and O–H groups in total. The van der Waals surface area contributed by atoms with Crippen LogP contribution in [0.1, 0.15) is 25.3 Å². The first kappa shape index (κ1) is 15.3. The van der Waals surface area contributed by atoms with Gasteiger partial charge in [0.15, 0.2) is 11.5 Å². The summed E-state index contributed by atoms with van der Waals surface area (Å²) in [7, 11) is 0. The van der Waals surface area contributed by atoms with Crippen LogP contribution in [0.2, 0.25) is 0 Å². The molecule has 0 bridgehead atoms. The Kier molecular flexibility index (Phi) is 5.57. The fraction of sp³-hybridized carbons (Fsp3) is 0.467. The summed E-state index contributed by atoms with van der Waals surface area (Å²) in [5, 5.41) is 13.9. The van der Waals surface area contributed by atoms with Gasteiger partial charge in [-0.3, -0.25) is 9.69 Å². The van der Waals surface area contributed by atoms with E-state index < -0.39 is 0 Å². The summed E-state index contributed by atoms with van der Waals surface area (Å²) in [6, 6.07) is 5.15. The van der Waals surface area contributed by atoms with Gasteiger partial charge in [0, 0.05) is 5.56 Å². The Bertz CT molecular complexity index is 511. The maximum atomic E-state index is 11.7. The molecule has 21 heavy (non-hydrogen) atoms. The van der Waals surface area contributed by atoms with Crippen molar-refractivity contribution in [2.24, 2.45) is 5.10 Å². The highest BCUT2D eigenvalue weighted by molar-refractivity contribution is 5.86. The standard InChI is InChI=1S/C15H21N3O3/c1-2-21-13-7-5-6-12(15(13)20)10-16-17-14(19)11-18-8-3-4-9-18/h5-7,10,20H,2-4,8-9,11H2,1H3,(H,17,19)/b16-10-. The second kappa shape index (κ2) is 7.64. The van der Waals surface area contributed by atoms with E-state index in [4.69, 9.17) is 4.74 Å². The zero-order valence-electron chi connectivity index (χ0n) is 12.2. The lowest BCUT2D eigenvalue weighted by molar-refractivity contribution is -0.121. The number of hydrogen-bond acceptors (Lipinski definition) is 5. The largest absolute Gasteiger partial charge is 0.504 e. The Morgan fingerprint density at radius 1 is 1.48 bits per heavy atom. The molecule has 1 aliphatic rings. The molecule has 0 spiro atoms. The first-order valence-corrected chi connectivity index (χ1v) is 7.19. The summed E-state index contributed by atoms with van der Waals surface area (Å²) < 4.78 is 5.29. The van der Waals surface area contributed by atoms with Gasteiger partial charge in [-0.2, -0.15) is 5.10 Å². The monoisotopic (exact) mass is 291 g/mol. The molecule has 2 rings (SSSR count). The Hall–Kier alpha value is -2.08. The number of nitrogens with zero attached hydrogens (tertiary/aromatic N) is 2. The van der Waals surface area contributed by atoms with Gasteiger partial charge in [0.25, 0.3) is 5.91 Å². The molecular weight excluding hydrogens is 270 g/mol. The second-order valence-corrected chi connectivity index (χ2v) is 4.90. The normalized spacial score (nSPS) is 15.5. The van der Waals surface area contributed by atoms with Crippen LogP contribution in [-0.2, 0) is 4.79 Å². The van der Waals surface area contributed by atoms with E-state index in [1.165, 1.54) is 6.21 Å². The van der Waals surface area contributed by atoms with Crippen LogP contribution in [0.15, 0.2) is 23.3 Å². The summed E-state index contributed by atoms with van der Waals surface area (Å²) in [5.74, 6) is 0.287. The van der Waals surface area contributed by atoms with E-state index in [0.717, 1.165) is 25.9 Å². The van der Waals surface area contributed by atoms with Crippen molar-refractivity contribution in [1.29, 1.82) is 0 Å². The summed E-state index contributed by atoms with van der Waals surface area (Å²) >= 11 is 0. The molecule has 6 nitrogen and oxygen atoms in total. The number of ether oxygens (including phenoxy) is 1. The van der Waals surface area contributed by atoms with Gasteiger partial charge in [0.1, 0.15) is 0 Å². The lowest BCUT2D eigenvalue weighted by Gasteiger charge is -2.12. The smallest absolute Gasteiger partial charge is 0.254 e. The van der Waals surface area contributed by atoms with Crippen LogP contribution >= 0.6 is 0 Å². The molecule has 0 unspecified atom stereocenters. The quantitative estimate of drug-likeness (QED) is 0.612. The number of para-hydroxylation sites is 1. The van der Waals surface area contributed by atoms with Crippen molar-refractivity contribution >= 4 is 12.1 Å². The van der Waals surface area contributed by atoms with Gasteiger partial charge >= 0.3 is 0 Å². The Morgan fingerprint density at radius 3 is 2.95 bits per heavy atom. The minimum Gasteiger partial charge on any atom is -0.504 e. The number of phenolic OH excluding ortho intramolecular Hbond substituents is 1. The molecule has 1 aliphatic heterocycles. The number of benzene rings is 1. The van der Waals surface area contributed by atoms with Crippen LogP contribution in [-0.4, -0.2) is 48.4 Å². The van der Waals surface area contributed by atoms with Crippen molar-refractivity contribution < 1.29 is 14.6 Å². The summed E-state index contributed by atoms with van der Waals surface area (Å²) in [6.45, 7) is 4.62. The number of rotatable bonds is 6. The lowest BCUT2D eigenvalue weighted by atomic mass is 10.2. The van der Waals surface area contributed by atoms with Gasteiger partial charge in [-0.25, -0.2) is 5.43 Å². The summed E-state index contributed by atoms with van der Waals surface area (Å²) in [4.78, 5) is 13.8. The number of aromatic hydroxyl groups is 1. The van der Waals surface area contributed by atoms with E-state index in [1.54, 1.807) is 18.2 Å². The maximum absolute atomic E-state index is 11.7. The molecule has 6 heteroatoms. The maximum Gasteiger partial charge on any atom is 0.254 e. The van der Waals surface area contributed by atoms with E-state index >= 15 is 0 Å². The van der Waals surface area contributed by atoms with Crippen LogP contribution in [0.3, 0.4) is 0 Å². The van der Waals surface area contributed by atoms with Crippen molar-refractivity contribution in [1.82, 2.24) is 10.3 Å². The average Bonchev–Trinajstić information content (AvgIpc) is 2.96. The SMILES string of the molecule is CCOc1cccc(/C=N\NC(=O)CN2CCCC2)c1O. The number of carbonyl (C=O) groups is 1. The van der Waals surface area contributed by atoms with E-state index in [2.05, 4.69) is 15.4 Å². The van der Waals surface area contributed by atoms with Gasteiger partial charge in [-0.05, 0) is 45.0 Å².